The molecule has 0 atom stereocenters. The summed E-state index contributed by atoms with van der Waals surface area (Å²) in [4.78, 5) is 35.6. The molecule has 2 aromatic rings. The van der Waals surface area contributed by atoms with E-state index in [0.717, 1.165) is 18.4 Å². The lowest BCUT2D eigenvalue weighted by Gasteiger charge is -2.10. The van der Waals surface area contributed by atoms with Crippen LogP contribution in [-0.2, 0) is 4.79 Å². The molecule has 1 aliphatic rings. The van der Waals surface area contributed by atoms with Gasteiger partial charge in [0.15, 0.2) is 0 Å². The van der Waals surface area contributed by atoms with Crippen LogP contribution in [0.1, 0.15) is 39.1 Å². The van der Waals surface area contributed by atoms with Gasteiger partial charge in [-0.3, -0.25) is 9.59 Å². The van der Waals surface area contributed by atoms with E-state index in [9.17, 15) is 19.5 Å². The van der Waals surface area contributed by atoms with E-state index in [1.807, 2.05) is 0 Å². The van der Waals surface area contributed by atoms with Gasteiger partial charge in [0.2, 0.25) is 5.91 Å². The highest BCUT2D eigenvalue weighted by Crippen LogP contribution is 2.30. The van der Waals surface area contributed by atoms with Crippen molar-refractivity contribution in [1.29, 1.82) is 0 Å². The molecule has 0 aliphatic heterocycles. The van der Waals surface area contributed by atoms with E-state index in [1.165, 1.54) is 6.07 Å². The molecule has 128 valence electrons. The van der Waals surface area contributed by atoms with Crippen molar-refractivity contribution in [3.63, 3.8) is 0 Å². The Kier molecular flexibility index (Phi) is 4.52. The average Bonchev–Trinajstić information content (AvgIpc) is 3.41. The number of aromatic carboxylic acids is 1. The van der Waals surface area contributed by atoms with Gasteiger partial charge >= 0.3 is 5.97 Å². The minimum Gasteiger partial charge on any atom is -0.478 e. The maximum absolute atomic E-state index is 12.4. The largest absolute Gasteiger partial charge is 0.478 e. The van der Waals surface area contributed by atoms with Crippen LogP contribution in [0.15, 0.2) is 42.5 Å². The summed E-state index contributed by atoms with van der Waals surface area (Å²) in [6, 6.07) is 11.4. The van der Waals surface area contributed by atoms with Crippen LogP contribution in [0.3, 0.4) is 0 Å². The fourth-order valence-corrected chi connectivity index (χ4v) is 2.47. The number of anilines is 2. The lowest BCUT2D eigenvalue weighted by molar-refractivity contribution is -0.117. The maximum Gasteiger partial charge on any atom is 0.337 e. The third kappa shape index (κ3) is 4.03. The molecule has 1 aliphatic carbocycles. The highest BCUT2D eigenvalue weighted by Gasteiger charge is 2.29. The van der Waals surface area contributed by atoms with Gasteiger partial charge in [-0.05, 0) is 50.1 Å². The lowest BCUT2D eigenvalue weighted by Crippen LogP contribution is -2.16. The Morgan fingerprint density at radius 1 is 1.04 bits per heavy atom. The van der Waals surface area contributed by atoms with E-state index in [1.54, 1.807) is 43.3 Å². The van der Waals surface area contributed by atoms with Gasteiger partial charge in [-0.1, -0.05) is 17.7 Å². The SMILES string of the molecule is Cc1ccc(NC(=O)c2cccc(NC(=O)C3CC3)c2)c(C(=O)O)c1. The number of hydrogen-bond acceptors (Lipinski definition) is 3. The lowest BCUT2D eigenvalue weighted by atomic mass is 10.1. The summed E-state index contributed by atoms with van der Waals surface area (Å²) in [5.74, 6) is -1.51. The molecular weight excluding hydrogens is 320 g/mol. The van der Waals surface area contributed by atoms with Crippen molar-refractivity contribution in [1.82, 2.24) is 0 Å². The summed E-state index contributed by atoms with van der Waals surface area (Å²) in [5.41, 5.74) is 1.94. The Balaban J connectivity index is 1.77. The second-order valence-corrected chi connectivity index (χ2v) is 6.15. The van der Waals surface area contributed by atoms with Crippen molar-refractivity contribution in [3.8, 4) is 0 Å². The Morgan fingerprint density at radius 3 is 2.48 bits per heavy atom. The molecule has 0 unspecified atom stereocenters. The number of benzene rings is 2. The van der Waals surface area contributed by atoms with E-state index >= 15 is 0 Å². The van der Waals surface area contributed by atoms with Crippen LogP contribution in [0.2, 0.25) is 0 Å². The molecule has 0 radical (unpaired) electrons. The first kappa shape index (κ1) is 16.7. The number of carbonyl (C=O) groups excluding carboxylic acids is 2. The molecule has 1 saturated carbocycles. The summed E-state index contributed by atoms with van der Waals surface area (Å²) in [6.45, 7) is 1.78. The maximum atomic E-state index is 12.4. The van der Waals surface area contributed by atoms with E-state index in [2.05, 4.69) is 10.6 Å². The molecule has 3 N–H and O–H groups in total. The molecule has 1 fully saturated rings. The zero-order valence-corrected chi connectivity index (χ0v) is 13.7. The van der Waals surface area contributed by atoms with E-state index in [4.69, 9.17) is 0 Å². The molecule has 0 heterocycles. The summed E-state index contributed by atoms with van der Waals surface area (Å²) >= 11 is 0. The Labute approximate surface area is 144 Å². The quantitative estimate of drug-likeness (QED) is 0.779. The normalized spacial score (nSPS) is 13.2. The highest BCUT2D eigenvalue weighted by atomic mass is 16.4. The number of amides is 2. The summed E-state index contributed by atoms with van der Waals surface area (Å²) in [7, 11) is 0. The molecule has 0 spiro atoms. The predicted molar refractivity (Wildman–Crippen MR) is 93.9 cm³/mol. The number of carboxylic acid groups (broad SMARTS) is 1. The minimum absolute atomic E-state index is 0.0338. The van der Waals surface area contributed by atoms with E-state index in [0.29, 0.717) is 11.3 Å². The smallest absolute Gasteiger partial charge is 0.337 e. The Morgan fingerprint density at radius 2 is 1.80 bits per heavy atom. The molecule has 0 aromatic heterocycles. The minimum atomic E-state index is -1.11. The number of carbonyl (C=O) groups is 3. The Bertz CT molecular complexity index is 856. The van der Waals surface area contributed by atoms with Gasteiger partial charge in [-0.25, -0.2) is 4.79 Å². The number of carboxylic acids is 1. The topological polar surface area (TPSA) is 95.5 Å². The van der Waals surface area contributed by atoms with Crippen LogP contribution in [-0.4, -0.2) is 22.9 Å². The van der Waals surface area contributed by atoms with Gasteiger partial charge in [0.05, 0.1) is 11.3 Å². The number of nitrogens with one attached hydrogen (secondary N) is 2. The van der Waals surface area contributed by atoms with Crippen molar-refractivity contribution in [2.75, 3.05) is 10.6 Å². The summed E-state index contributed by atoms with van der Waals surface area (Å²) in [6.07, 6.45) is 1.80. The molecule has 2 amide bonds. The molecule has 6 nitrogen and oxygen atoms in total. The van der Waals surface area contributed by atoms with Crippen LogP contribution in [0.25, 0.3) is 0 Å². The van der Waals surface area contributed by atoms with Crippen molar-refractivity contribution < 1.29 is 19.5 Å². The van der Waals surface area contributed by atoms with Crippen LogP contribution < -0.4 is 10.6 Å². The van der Waals surface area contributed by atoms with Crippen LogP contribution >= 0.6 is 0 Å². The standard InChI is InChI=1S/C19H18N2O4/c1-11-5-8-16(15(9-11)19(24)25)21-18(23)13-3-2-4-14(10-13)20-17(22)12-6-7-12/h2-5,8-10,12H,6-7H2,1H3,(H,20,22)(H,21,23)(H,24,25). The van der Waals surface area contributed by atoms with Gasteiger partial charge in [0.1, 0.15) is 0 Å². The van der Waals surface area contributed by atoms with Crippen LogP contribution in [0, 0.1) is 12.8 Å². The van der Waals surface area contributed by atoms with Gasteiger partial charge in [-0.15, -0.1) is 0 Å². The molecule has 0 saturated heterocycles. The van der Waals surface area contributed by atoms with Crippen molar-refractivity contribution in [2.24, 2.45) is 5.92 Å². The predicted octanol–water partition coefficient (Wildman–Crippen LogP) is 3.29. The first-order valence-electron chi connectivity index (χ1n) is 8.00. The third-order valence-electron chi connectivity index (χ3n) is 3.99. The number of hydrogen-bond donors (Lipinski definition) is 3. The van der Waals surface area contributed by atoms with Gasteiger partial charge in [0.25, 0.3) is 5.91 Å². The zero-order chi connectivity index (χ0) is 18.0. The zero-order valence-electron chi connectivity index (χ0n) is 13.7. The van der Waals surface area contributed by atoms with Gasteiger partial charge in [-0.2, -0.15) is 0 Å². The average molecular weight is 338 g/mol. The fraction of sp³-hybridized carbons (Fsp3) is 0.211. The first-order chi connectivity index (χ1) is 11.9. The third-order valence-corrected chi connectivity index (χ3v) is 3.99. The monoisotopic (exact) mass is 338 g/mol. The number of rotatable bonds is 5. The second kappa shape index (κ2) is 6.76. The molecule has 25 heavy (non-hydrogen) atoms. The van der Waals surface area contributed by atoms with Crippen LogP contribution in [0.5, 0.6) is 0 Å². The fourth-order valence-electron chi connectivity index (χ4n) is 2.47. The van der Waals surface area contributed by atoms with Gasteiger partial charge in [0, 0.05) is 17.2 Å². The van der Waals surface area contributed by atoms with Crippen LogP contribution in [0.4, 0.5) is 11.4 Å². The summed E-state index contributed by atoms with van der Waals surface area (Å²) < 4.78 is 0. The van der Waals surface area contributed by atoms with E-state index in [-0.39, 0.29) is 23.1 Å². The molecule has 0 bridgehead atoms. The van der Waals surface area contributed by atoms with Gasteiger partial charge < -0.3 is 15.7 Å². The highest BCUT2D eigenvalue weighted by molar-refractivity contribution is 6.08. The molecular formula is C19H18N2O4. The molecule has 2 aromatic carbocycles. The first-order valence-corrected chi connectivity index (χ1v) is 8.00. The summed E-state index contributed by atoms with van der Waals surface area (Å²) in [5, 5.41) is 14.7. The van der Waals surface area contributed by atoms with E-state index < -0.39 is 11.9 Å². The molecule has 6 heteroatoms. The van der Waals surface area contributed by atoms with Crippen molar-refractivity contribution >= 4 is 29.2 Å². The second-order valence-electron chi connectivity index (χ2n) is 6.15. The molecule has 3 rings (SSSR count). The number of aryl methyl sites for hydroxylation is 1. The van der Waals surface area contributed by atoms with Crippen molar-refractivity contribution in [3.05, 3.63) is 59.2 Å². The van der Waals surface area contributed by atoms with Crippen molar-refractivity contribution in [2.45, 2.75) is 19.8 Å². The Hall–Kier alpha value is -3.15.